The molecule has 0 aliphatic heterocycles. The smallest absolute Gasteiger partial charge is 0.00277 e. The maximum Gasteiger partial charge on any atom is 0.00277 e. The third kappa shape index (κ3) is 6.87. The second-order valence-corrected chi connectivity index (χ2v) is 2.44. The number of nitrogens with one attached hydrogen (secondary N) is 1. The van der Waals surface area contributed by atoms with Gasteiger partial charge in [0.15, 0.2) is 0 Å². The van der Waals surface area contributed by atoms with Crippen molar-refractivity contribution in [2.24, 2.45) is 0 Å². The van der Waals surface area contributed by atoms with Gasteiger partial charge in [-0.2, -0.15) is 0 Å². The molecule has 0 saturated heterocycles. The van der Waals surface area contributed by atoms with Crippen molar-refractivity contribution in [2.45, 2.75) is 13.8 Å². The normalized spacial score (nSPS) is 13.8. The summed E-state index contributed by atoms with van der Waals surface area (Å²) in [5.41, 5.74) is 1.26. The first-order chi connectivity index (χ1) is 5.81. The van der Waals surface area contributed by atoms with E-state index in [-0.39, 0.29) is 0 Å². The fourth-order valence-electron chi connectivity index (χ4n) is 0.742. The van der Waals surface area contributed by atoms with Gasteiger partial charge in [0.2, 0.25) is 0 Å². The zero-order chi connectivity index (χ0) is 9.23. The van der Waals surface area contributed by atoms with Crippen molar-refractivity contribution in [3.05, 3.63) is 48.2 Å². The Morgan fingerprint density at radius 2 is 1.92 bits per heavy atom. The van der Waals surface area contributed by atoms with E-state index in [1.165, 1.54) is 5.57 Å². The van der Waals surface area contributed by atoms with Crippen LogP contribution in [-0.2, 0) is 0 Å². The van der Waals surface area contributed by atoms with E-state index in [0.717, 1.165) is 0 Å². The van der Waals surface area contributed by atoms with Crippen molar-refractivity contribution in [1.82, 2.24) is 5.32 Å². The summed E-state index contributed by atoms with van der Waals surface area (Å²) in [6.07, 6.45) is 14.0. The molecule has 1 N–H and O–H groups in total. The fraction of sp³-hybridized carbons (Fsp3) is 0.273. The van der Waals surface area contributed by atoms with Gasteiger partial charge in [0.25, 0.3) is 0 Å². The lowest BCUT2D eigenvalue weighted by Crippen LogP contribution is -1.89. The van der Waals surface area contributed by atoms with E-state index >= 15 is 0 Å². The highest BCUT2D eigenvalue weighted by Crippen LogP contribution is 1.94. The summed E-state index contributed by atoms with van der Waals surface area (Å²) in [4.78, 5) is 0. The van der Waals surface area contributed by atoms with Crippen LogP contribution in [0.4, 0.5) is 0 Å². The Hall–Kier alpha value is -1.24. The maximum atomic E-state index is 2.91. The number of allylic oxidation sites excluding steroid dienone is 7. The summed E-state index contributed by atoms with van der Waals surface area (Å²) in [6.45, 7) is 4.09. The zero-order valence-electron chi connectivity index (χ0n) is 8.04. The number of hydrogen-bond donors (Lipinski definition) is 1. The lowest BCUT2D eigenvalue weighted by molar-refractivity contribution is 1.10. The Balaban J connectivity index is 3.86. The van der Waals surface area contributed by atoms with Crippen molar-refractivity contribution in [3.63, 3.8) is 0 Å². The molecule has 0 aliphatic rings. The maximum absolute atomic E-state index is 2.91. The quantitative estimate of drug-likeness (QED) is 0.628. The van der Waals surface area contributed by atoms with Gasteiger partial charge in [-0.15, -0.1) is 0 Å². The molecule has 0 heterocycles. The van der Waals surface area contributed by atoms with Gasteiger partial charge in [-0.25, -0.2) is 0 Å². The lowest BCUT2D eigenvalue weighted by Gasteiger charge is -1.85. The molecule has 0 bridgehead atoms. The predicted octanol–water partition coefficient (Wildman–Crippen LogP) is 2.80. The van der Waals surface area contributed by atoms with Crippen molar-refractivity contribution >= 4 is 0 Å². The molecule has 0 unspecified atom stereocenters. The van der Waals surface area contributed by atoms with Crippen LogP contribution in [0.1, 0.15) is 13.8 Å². The number of rotatable bonds is 4. The Morgan fingerprint density at radius 3 is 2.50 bits per heavy atom. The zero-order valence-corrected chi connectivity index (χ0v) is 8.04. The summed E-state index contributed by atoms with van der Waals surface area (Å²) in [5, 5.41) is 2.91. The van der Waals surface area contributed by atoms with Gasteiger partial charge in [0.05, 0.1) is 0 Å². The summed E-state index contributed by atoms with van der Waals surface area (Å²) >= 11 is 0. The van der Waals surface area contributed by atoms with Crippen LogP contribution >= 0.6 is 0 Å². The van der Waals surface area contributed by atoms with Crippen LogP contribution < -0.4 is 5.32 Å². The van der Waals surface area contributed by atoms with Gasteiger partial charge in [-0.1, -0.05) is 36.0 Å². The van der Waals surface area contributed by atoms with Crippen LogP contribution in [0.15, 0.2) is 48.2 Å². The molecule has 0 radical (unpaired) electrons. The minimum atomic E-state index is 1.26. The minimum Gasteiger partial charge on any atom is -0.394 e. The largest absolute Gasteiger partial charge is 0.394 e. The average molecular weight is 163 g/mol. The molecule has 0 rings (SSSR count). The second kappa shape index (κ2) is 7.86. The van der Waals surface area contributed by atoms with Crippen molar-refractivity contribution < 1.29 is 0 Å². The minimum absolute atomic E-state index is 1.26. The van der Waals surface area contributed by atoms with Gasteiger partial charge in [-0.3, -0.25) is 0 Å². The summed E-state index contributed by atoms with van der Waals surface area (Å²) in [7, 11) is 1.88. The van der Waals surface area contributed by atoms with E-state index < -0.39 is 0 Å². The summed E-state index contributed by atoms with van der Waals surface area (Å²) in [5.74, 6) is 0. The lowest BCUT2D eigenvalue weighted by atomic mass is 10.2. The molecule has 0 aromatic rings. The third-order valence-electron chi connectivity index (χ3n) is 1.27. The molecule has 0 aliphatic carbocycles. The van der Waals surface area contributed by atoms with Crippen molar-refractivity contribution in [3.8, 4) is 0 Å². The van der Waals surface area contributed by atoms with Crippen LogP contribution in [0.3, 0.4) is 0 Å². The molecule has 12 heavy (non-hydrogen) atoms. The molecule has 0 fully saturated rings. The molecule has 0 spiro atoms. The first kappa shape index (κ1) is 10.8. The molecule has 1 heteroatoms. The topological polar surface area (TPSA) is 12.0 Å². The SMILES string of the molecule is CC=C/C(C)=C/C=CC=CNC. The van der Waals surface area contributed by atoms with E-state index in [1.54, 1.807) is 0 Å². The van der Waals surface area contributed by atoms with Crippen LogP contribution in [0.5, 0.6) is 0 Å². The molecule has 1 nitrogen and oxygen atoms in total. The highest BCUT2D eigenvalue weighted by molar-refractivity contribution is 5.22. The fourth-order valence-corrected chi connectivity index (χ4v) is 0.742. The Labute approximate surface area is 75.2 Å². The molecule has 0 amide bonds. The Kier molecular flexibility index (Phi) is 7.05. The molecule has 0 aromatic heterocycles. The first-order valence-electron chi connectivity index (χ1n) is 4.11. The predicted molar refractivity (Wildman–Crippen MR) is 55.9 cm³/mol. The van der Waals surface area contributed by atoms with E-state index in [2.05, 4.69) is 24.4 Å². The summed E-state index contributed by atoms with van der Waals surface area (Å²) in [6, 6.07) is 0. The van der Waals surface area contributed by atoms with Crippen LogP contribution in [0.2, 0.25) is 0 Å². The average Bonchev–Trinajstić information content (AvgIpc) is 2.05. The third-order valence-corrected chi connectivity index (χ3v) is 1.27. The Bertz CT molecular complexity index is 207. The molecule has 0 saturated carbocycles. The summed E-state index contributed by atoms with van der Waals surface area (Å²) < 4.78 is 0. The molecule has 66 valence electrons. The molecule has 0 atom stereocenters. The van der Waals surface area contributed by atoms with Gasteiger partial charge >= 0.3 is 0 Å². The van der Waals surface area contributed by atoms with E-state index in [9.17, 15) is 0 Å². The Morgan fingerprint density at radius 1 is 1.17 bits per heavy atom. The first-order valence-corrected chi connectivity index (χ1v) is 4.11. The highest BCUT2D eigenvalue weighted by atomic mass is 14.8. The van der Waals surface area contributed by atoms with Crippen molar-refractivity contribution in [2.75, 3.05) is 7.05 Å². The van der Waals surface area contributed by atoms with E-state index in [0.29, 0.717) is 0 Å². The van der Waals surface area contributed by atoms with Crippen LogP contribution in [0.25, 0.3) is 0 Å². The highest BCUT2D eigenvalue weighted by Gasteiger charge is 1.73. The number of hydrogen-bond acceptors (Lipinski definition) is 1. The van der Waals surface area contributed by atoms with E-state index in [4.69, 9.17) is 0 Å². The van der Waals surface area contributed by atoms with Gasteiger partial charge in [0.1, 0.15) is 0 Å². The van der Waals surface area contributed by atoms with Crippen LogP contribution in [0, 0.1) is 0 Å². The molecular formula is C11H17N. The van der Waals surface area contributed by atoms with Crippen LogP contribution in [-0.4, -0.2) is 7.05 Å². The van der Waals surface area contributed by atoms with Gasteiger partial charge in [0, 0.05) is 7.05 Å². The second-order valence-electron chi connectivity index (χ2n) is 2.44. The molecule has 0 aromatic carbocycles. The van der Waals surface area contributed by atoms with Gasteiger partial charge < -0.3 is 5.32 Å². The van der Waals surface area contributed by atoms with E-state index in [1.807, 2.05) is 44.5 Å². The standard InChI is InChI=1S/C11H17N/c1-4-8-11(2)9-6-5-7-10-12-3/h4-10,12H,1-3H3/b6-5?,8-4?,10-7?,11-9+. The molecular weight excluding hydrogens is 146 g/mol. The van der Waals surface area contributed by atoms with Crippen molar-refractivity contribution in [1.29, 1.82) is 0 Å². The monoisotopic (exact) mass is 163 g/mol. The van der Waals surface area contributed by atoms with Gasteiger partial charge in [-0.05, 0) is 26.1 Å².